The second kappa shape index (κ2) is 9.28. The van der Waals surface area contributed by atoms with Crippen LogP contribution in [0.25, 0.3) is 0 Å². The van der Waals surface area contributed by atoms with Crippen LogP contribution in [0.5, 0.6) is 5.75 Å². The summed E-state index contributed by atoms with van der Waals surface area (Å²) in [6, 6.07) is 12.3. The predicted octanol–water partition coefficient (Wildman–Crippen LogP) is 3.03. The first-order chi connectivity index (χ1) is 15.3. The summed E-state index contributed by atoms with van der Waals surface area (Å²) in [4.78, 5) is 28.7. The van der Waals surface area contributed by atoms with Crippen LogP contribution in [0.15, 0.2) is 42.5 Å². The van der Waals surface area contributed by atoms with E-state index in [-0.39, 0.29) is 17.6 Å². The molecule has 0 aromatic heterocycles. The standard InChI is InChI=1S/C25H30FN3O3/c1-18-3-8-23-21(13-18)15-29(19(2)30)17-25(32-23)9-11-28(12-10-25)16-24(31)27-14-20-4-6-22(26)7-5-20/h3-8,13H,9-12,14-17H2,1-2H3,(H,27,31). The number of hydrogen-bond donors (Lipinski definition) is 1. The highest BCUT2D eigenvalue weighted by Gasteiger charge is 2.41. The zero-order valence-electron chi connectivity index (χ0n) is 18.7. The lowest BCUT2D eigenvalue weighted by Gasteiger charge is -2.42. The maximum Gasteiger partial charge on any atom is 0.234 e. The van der Waals surface area contributed by atoms with Crippen molar-refractivity contribution in [3.05, 3.63) is 65.0 Å². The first kappa shape index (κ1) is 22.3. The quantitative estimate of drug-likeness (QED) is 0.796. The van der Waals surface area contributed by atoms with E-state index in [0.717, 1.165) is 48.4 Å². The largest absolute Gasteiger partial charge is 0.485 e. The van der Waals surface area contributed by atoms with Crippen LogP contribution < -0.4 is 10.1 Å². The molecule has 4 rings (SSSR count). The summed E-state index contributed by atoms with van der Waals surface area (Å²) in [6.07, 6.45) is 1.49. The van der Waals surface area contributed by atoms with Crippen LogP contribution in [0.3, 0.4) is 0 Å². The average Bonchev–Trinajstić information content (AvgIpc) is 2.92. The summed E-state index contributed by atoms with van der Waals surface area (Å²) < 4.78 is 19.6. The first-order valence-electron chi connectivity index (χ1n) is 11.1. The van der Waals surface area contributed by atoms with Gasteiger partial charge in [-0.1, -0.05) is 29.8 Å². The number of ether oxygens (including phenoxy) is 1. The Hall–Kier alpha value is -2.93. The smallest absolute Gasteiger partial charge is 0.234 e. The number of carbonyl (C=O) groups excluding carboxylic acids is 2. The lowest BCUT2D eigenvalue weighted by molar-refractivity contribution is -0.133. The summed E-state index contributed by atoms with van der Waals surface area (Å²) in [5, 5.41) is 2.90. The Labute approximate surface area is 188 Å². The van der Waals surface area contributed by atoms with E-state index in [2.05, 4.69) is 16.3 Å². The van der Waals surface area contributed by atoms with Crippen molar-refractivity contribution in [2.75, 3.05) is 26.2 Å². The number of carbonyl (C=O) groups is 2. The molecular weight excluding hydrogens is 409 g/mol. The third-order valence-corrected chi connectivity index (χ3v) is 6.37. The molecule has 1 N–H and O–H groups in total. The molecule has 0 radical (unpaired) electrons. The van der Waals surface area contributed by atoms with Crippen molar-refractivity contribution >= 4 is 11.8 Å². The molecule has 6 nitrogen and oxygen atoms in total. The van der Waals surface area contributed by atoms with Gasteiger partial charge in [0.15, 0.2) is 0 Å². The lowest BCUT2D eigenvalue weighted by atomic mass is 9.90. The molecule has 7 heteroatoms. The highest BCUT2D eigenvalue weighted by atomic mass is 19.1. The minimum Gasteiger partial charge on any atom is -0.485 e. The predicted molar refractivity (Wildman–Crippen MR) is 120 cm³/mol. The number of nitrogens with zero attached hydrogens (tertiary/aromatic N) is 2. The van der Waals surface area contributed by atoms with Gasteiger partial charge in [0.2, 0.25) is 11.8 Å². The molecule has 1 saturated heterocycles. The molecule has 0 atom stereocenters. The van der Waals surface area contributed by atoms with Crippen LogP contribution in [-0.4, -0.2) is 53.4 Å². The average molecular weight is 440 g/mol. The Kier molecular flexibility index (Phi) is 6.46. The molecule has 0 saturated carbocycles. The van der Waals surface area contributed by atoms with E-state index in [4.69, 9.17) is 4.74 Å². The number of likely N-dealkylation sites (tertiary alicyclic amines) is 1. The SMILES string of the molecule is CC(=O)N1Cc2cc(C)ccc2OC2(CCN(CC(=O)NCc3ccc(F)cc3)CC2)C1. The summed E-state index contributed by atoms with van der Waals surface area (Å²) >= 11 is 0. The summed E-state index contributed by atoms with van der Waals surface area (Å²) in [6.45, 7) is 6.89. The Morgan fingerprint density at radius 1 is 1.12 bits per heavy atom. The Bertz CT molecular complexity index is 984. The van der Waals surface area contributed by atoms with Gasteiger partial charge in [0.1, 0.15) is 17.2 Å². The van der Waals surface area contributed by atoms with Gasteiger partial charge >= 0.3 is 0 Å². The highest BCUT2D eigenvalue weighted by Crippen LogP contribution is 2.36. The van der Waals surface area contributed by atoms with Crippen molar-refractivity contribution in [3.8, 4) is 5.75 Å². The number of nitrogens with one attached hydrogen (secondary N) is 1. The minimum absolute atomic E-state index is 0.0462. The highest BCUT2D eigenvalue weighted by molar-refractivity contribution is 5.78. The van der Waals surface area contributed by atoms with Crippen molar-refractivity contribution in [3.63, 3.8) is 0 Å². The number of aryl methyl sites for hydroxylation is 1. The molecular formula is C25H30FN3O3. The molecule has 0 aliphatic carbocycles. The van der Waals surface area contributed by atoms with Crippen LogP contribution in [0.2, 0.25) is 0 Å². The van der Waals surface area contributed by atoms with Gasteiger partial charge in [-0.3, -0.25) is 14.5 Å². The van der Waals surface area contributed by atoms with Gasteiger partial charge in [-0.15, -0.1) is 0 Å². The van der Waals surface area contributed by atoms with Gasteiger partial charge in [-0.05, 0) is 30.7 Å². The number of piperidine rings is 1. The van der Waals surface area contributed by atoms with Crippen LogP contribution in [0.4, 0.5) is 4.39 Å². The number of rotatable bonds is 4. The van der Waals surface area contributed by atoms with E-state index >= 15 is 0 Å². The lowest BCUT2D eigenvalue weighted by Crippen LogP contribution is -2.55. The van der Waals surface area contributed by atoms with Gasteiger partial charge in [0, 0.05) is 51.5 Å². The van der Waals surface area contributed by atoms with E-state index in [1.807, 2.05) is 24.0 Å². The Balaban J connectivity index is 1.35. The maximum atomic E-state index is 13.0. The third kappa shape index (κ3) is 5.27. The first-order valence-corrected chi connectivity index (χ1v) is 11.1. The van der Waals surface area contributed by atoms with Gasteiger partial charge in [0.25, 0.3) is 0 Å². The van der Waals surface area contributed by atoms with Crippen molar-refractivity contribution in [2.24, 2.45) is 0 Å². The number of hydrogen-bond acceptors (Lipinski definition) is 4. The fourth-order valence-electron chi connectivity index (χ4n) is 4.47. The van der Waals surface area contributed by atoms with Gasteiger partial charge in [-0.25, -0.2) is 4.39 Å². The monoisotopic (exact) mass is 439 g/mol. The van der Waals surface area contributed by atoms with Crippen molar-refractivity contribution in [1.82, 2.24) is 15.1 Å². The third-order valence-electron chi connectivity index (χ3n) is 6.37. The molecule has 2 heterocycles. The number of benzene rings is 2. The van der Waals surface area contributed by atoms with Crippen LogP contribution in [0.1, 0.15) is 36.5 Å². The number of fused-ring (bicyclic) bond motifs is 1. The van der Waals surface area contributed by atoms with Crippen LogP contribution in [0, 0.1) is 12.7 Å². The topological polar surface area (TPSA) is 61.9 Å². The molecule has 1 fully saturated rings. The van der Waals surface area contributed by atoms with Crippen molar-refractivity contribution in [1.29, 1.82) is 0 Å². The second-order valence-corrected chi connectivity index (χ2v) is 8.95. The normalized spacial score (nSPS) is 17.9. The molecule has 32 heavy (non-hydrogen) atoms. The van der Waals surface area contributed by atoms with Gasteiger partial charge in [0.05, 0.1) is 13.1 Å². The molecule has 170 valence electrons. The maximum absolute atomic E-state index is 13.0. The zero-order valence-corrected chi connectivity index (χ0v) is 18.7. The second-order valence-electron chi connectivity index (χ2n) is 8.95. The molecule has 1 spiro atoms. The fourth-order valence-corrected chi connectivity index (χ4v) is 4.47. The van der Waals surface area contributed by atoms with Crippen LogP contribution >= 0.6 is 0 Å². The van der Waals surface area contributed by atoms with Crippen LogP contribution in [-0.2, 0) is 22.7 Å². The van der Waals surface area contributed by atoms with Gasteiger partial charge in [-0.2, -0.15) is 0 Å². The molecule has 2 aliphatic heterocycles. The summed E-state index contributed by atoms with van der Waals surface area (Å²) in [5.41, 5.74) is 2.61. The molecule has 2 aromatic carbocycles. The molecule has 2 aliphatic rings. The number of halogens is 1. The summed E-state index contributed by atoms with van der Waals surface area (Å²) in [7, 11) is 0. The van der Waals surface area contributed by atoms with E-state index in [0.29, 0.717) is 26.2 Å². The summed E-state index contributed by atoms with van der Waals surface area (Å²) in [5.74, 6) is 0.553. The van der Waals surface area contributed by atoms with E-state index in [1.54, 1.807) is 19.1 Å². The fraction of sp³-hybridized carbons (Fsp3) is 0.440. The molecule has 0 bridgehead atoms. The minimum atomic E-state index is -0.437. The van der Waals surface area contributed by atoms with Gasteiger partial charge < -0.3 is 15.0 Å². The van der Waals surface area contributed by atoms with Crippen molar-refractivity contribution in [2.45, 2.75) is 45.4 Å². The van der Waals surface area contributed by atoms with E-state index in [1.165, 1.54) is 12.1 Å². The zero-order chi connectivity index (χ0) is 22.7. The molecule has 2 aromatic rings. The van der Waals surface area contributed by atoms with E-state index in [9.17, 15) is 14.0 Å². The Morgan fingerprint density at radius 2 is 1.84 bits per heavy atom. The Morgan fingerprint density at radius 3 is 2.53 bits per heavy atom. The molecule has 0 unspecified atom stereocenters. The van der Waals surface area contributed by atoms with E-state index < -0.39 is 5.60 Å². The molecule has 2 amide bonds. The number of amides is 2. The van der Waals surface area contributed by atoms with Crippen molar-refractivity contribution < 1.29 is 18.7 Å².